The third-order valence-electron chi connectivity index (χ3n) is 4.06. The SMILES string of the molecule is CCOC(=O)C1=C(CBr)NC(CBr)=C(C(=O)OCC)C1c1ccc(F)c(Br)c1. The Bertz CT molecular complexity index is 796. The summed E-state index contributed by atoms with van der Waals surface area (Å²) >= 11 is 9.96. The van der Waals surface area contributed by atoms with Crippen LogP contribution in [0, 0.1) is 5.82 Å². The fourth-order valence-electron chi connectivity index (χ4n) is 2.95. The number of ether oxygens (including phenoxy) is 2. The summed E-state index contributed by atoms with van der Waals surface area (Å²) in [5.41, 5.74) is 2.28. The molecule has 152 valence electrons. The van der Waals surface area contributed by atoms with Gasteiger partial charge in [-0.3, -0.25) is 0 Å². The van der Waals surface area contributed by atoms with Crippen LogP contribution >= 0.6 is 47.8 Å². The molecule has 5 nitrogen and oxygen atoms in total. The van der Waals surface area contributed by atoms with Crippen LogP contribution in [-0.2, 0) is 19.1 Å². The van der Waals surface area contributed by atoms with Crippen molar-refractivity contribution in [2.75, 3.05) is 23.9 Å². The van der Waals surface area contributed by atoms with Crippen LogP contribution in [0.15, 0.2) is 45.2 Å². The summed E-state index contributed by atoms with van der Waals surface area (Å²) in [6.45, 7) is 3.78. The number of benzene rings is 1. The predicted molar refractivity (Wildman–Crippen MR) is 115 cm³/mol. The summed E-state index contributed by atoms with van der Waals surface area (Å²) in [7, 11) is 0. The number of carbonyl (C=O) groups is 2. The molecule has 1 aromatic carbocycles. The first kappa shape index (κ1) is 23.1. The van der Waals surface area contributed by atoms with Crippen molar-refractivity contribution >= 4 is 59.7 Å². The van der Waals surface area contributed by atoms with Gasteiger partial charge in [0.25, 0.3) is 0 Å². The zero-order valence-corrected chi connectivity index (χ0v) is 20.0. The molecule has 1 aliphatic rings. The van der Waals surface area contributed by atoms with E-state index in [4.69, 9.17) is 9.47 Å². The number of rotatable bonds is 7. The number of halogens is 4. The van der Waals surface area contributed by atoms with Gasteiger partial charge in [0.05, 0.1) is 34.8 Å². The second-order valence-corrected chi connectivity index (χ2v) is 7.70. The highest BCUT2D eigenvalue weighted by molar-refractivity contribution is 9.10. The summed E-state index contributed by atoms with van der Waals surface area (Å²) in [4.78, 5) is 25.6. The highest BCUT2D eigenvalue weighted by atomic mass is 79.9. The van der Waals surface area contributed by atoms with E-state index in [0.717, 1.165) is 0 Å². The molecule has 0 amide bonds. The minimum atomic E-state index is -0.767. The Kier molecular flexibility index (Phi) is 8.70. The average molecular weight is 584 g/mol. The van der Waals surface area contributed by atoms with Gasteiger partial charge in [-0.15, -0.1) is 0 Å². The van der Waals surface area contributed by atoms with Crippen molar-refractivity contribution in [3.05, 3.63) is 56.6 Å². The molecule has 1 aliphatic heterocycles. The van der Waals surface area contributed by atoms with E-state index in [9.17, 15) is 14.0 Å². The van der Waals surface area contributed by atoms with Crippen LogP contribution in [0.2, 0.25) is 0 Å². The Balaban J connectivity index is 2.76. The van der Waals surface area contributed by atoms with E-state index in [-0.39, 0.29) is 28.8 Å². The number of nitrogens with one attached hydrogen (secondary N) is 1. The van der Waals surface area contributed by atoms with Crippen molar-refractivity contribution in [2.24, 2.45) is 0 Å². The minimum Gasteiger partial charge on any atom is -0.463 e. The molecule has 28 heavy (non-hydrogen) atoms. The number of hydrogen-bond acceptors (Lipinski definition) is 5. The van der Waals surface area contributed by atoms with E-state index in [1.54, 1.807) is 26.0 Å². The van der Waals surface area contributed by atoms with Crippen LogP contribution in [0.25, 0.3) is 0 Å². The Morgan fingerprint density at radius 1 is 1.04 bits per heavy atom. The molecule has 0 saturated heterocycles. The van der Waals surface area contributed by atoms with Crippen LogP contribution in [0.4, 0.5) is 4.39 Å². The molecule has 0 spiro atoms. The van der Waals surface area contributed by atoms with Gasteiger partial charge in [-0.1, -0.05) is 37.9 Å². The molecule has 0 fully saturated rings. The first-order valence-corrected chi connectivity index (χ1v) is 11.6. The maximum Gasteiger partial charge on any atom is 0.336 e. The fraction of sp³-hybridized carbons (Fsp3) is 0.368. The smallest absolute Gasteiger partial charge is 0.336 e. The topological polar surface area (TPSA) is 64.6 Å². The van der Waals surface area contributed by atoms with Crippen molar-refractivity contribution in [2.45, 2.75) is 19.8 Å². The lowest BCUT2D eigenvalue weighted by Crippen LogP contribution is -2.35. The van der Waals surface area contributed by atoms with Gasteiger partial charge in [0, 0.05) is 22.1 Å². The highest BCUT2D eigenvalue weighted by Gasteiger charge is 2.39. The van der Waals surface area contributed by atoms with Crippen molar-refractivity contribution < 1.29 is 23.5 Å². The lowest BCUT2D eigenvalue weighted by Gasteiger charge is -2.31. The Hall–Kier alpha value is -1.19. The lowest BCUT2D eigenvalue weighted by molar-refractivity contribution is -0.139. The molecule has 0 radical (unpaired) electrons. The van der Waals surface area contributed by atoms with Gasteiger partial charge in [-0.2, -0.15) is 0 Å². The van der Waals surface area contributed by atoms with Gasteiger partial charge in [0.1, 0.15) is 5.82 Å². The Labute approximate surface area is 188 Å². The summed E-state index contributed by atoms with van der Waals surface area (Å²) < 4.78 is 24.5. The largest absolute Gasteiger partial charge is 0.463 e. The third-order valence-corrected chi connectivity index (χ3v) is 5.79. The van der Waals surface area contributed by atoms with Gasteiger partial charge < -0.3 is 14.8 Å². The number of alkyl halides is 2. The van der Waals surface area contributed by atoms with Gasteiger partial charge in [-0.05, 0) is 47.5 Å². The molecule has 9 heteroatoms. The quantitative estimate of drug-likeness (QED) is 0.372. The van der Waals surface area contributed by atoms with E-state index in [0.29, 0.717) is 27.6 Å². The first-order chi connectivity index (χ1) is 13.4. The maximum atomic E-state index is 13.8. The predicted octanol–water partition coefficient (Wildman–Crippen LogP) is 4.70. The molecule has 0 atom stereocenters. The van der Waals surface area contributed by atoms with Crippen molar-refractivity contribution in [3.8, 4) is 0 Å². The molecular formula is C19H19Br3FNO4. The molecule has 1 aromatic rings. The van der Waals surface area contributed by atoms with Gasteiger partial charge in [-0.25, -0.2) is 14.0 Å². The van der Waals surface area contributed by atoms with Crippen molar-refractivity contribution in [1.82, 2.24) is 5.32 Å². The molecule has 0 unspecified atom stereocenters. The van der Waals surface area contributed by atoms with Crippen molar-refractivity contribution in [1.29, 1.82) is 0 Å². The van der Waals surface area contributed by atoms with E-state index in [2.05, 4.69) is 53.1 Å². The van der Waals surface area contributed by atoms with Crippen molar-refractivity contribution in [3.63, 3.8) is 0 Å². The van der Waals surface area contributed by atoms with E-state index < -0.39 is 23.7 Å². The highest BCUT2D eigenvalue weighted by Crippen LogP contribution is 2.41. The van der Waals surface area contributed by atoms with Gasteiger partial charge in [0.15, 0.2) is 0 Å². The summed E-state index contributed by atoms with van der Waals surface area (Å²) in [6.07, 6.45) is 0. The Morgan fingerprint density at radius 3 is 1.93 bits per heavy atom. The number of carbonyl (C=O) groups excluding carboxylic acids is 2. The number of hydrogen-bond donors (Lipinski definition) is 1. The van der Waals surface area contributed by atoms with Crippen LogP contribution < -0.4 is 5.32 Å². The lowest BCUT2D eigenvalue weighted by atomic mass is 9.80. The van der Waals surface area contributed by atoms with E-state index >= 15 is 0 Å². The number of allylic oxidation sites excluding steroid dienone is 2. The van der Waals surface area contributed by atoms with Gasteiger partial charge >= 0.3 is 11.9 Å². The summed E-state index contributed by atoms with van der Waals surface area (Å²) in [5.74, 6) is -2.31. The molecule has 0 saturated carbocycles. The minimum absolute atomic E-state index is 0.182. The van der Waals surface area contributed by atoms with Crippen LogP contribution in [0.1, 0.15) is 25.3 Å². The molecule has 0 aromatic heterocycles. The van der Waals surface area contributed by atoms with Crippen LogP contribution in [0.3, 0.4) is 0 Å². The Morgan fingerprint density at radius 2 is 1.54 bits per heavy atom. The van der Waals surface area contributed by atoms with Gasteiger partial charge in [0.2, 0.25) is 0 Å². The second-order valence-electron chi connectivity index (χ2n) is 5.72. The van der Waals surface area contributed by atoms with E-state index in [1.165, 1.54) is 6.07 Å². The molecule has 1 N–H and O–H groups in total. The fourth-order valence-corrected chi connectivity index (χ4v) is 4.23. The third kappa shape index (κ3) is 4.86. The molecule has 2 rings (SSSR count). The molecular weight excluding hydrogens is 565 g/mol. The molecule has 0 aliphatic carbocycles. The standard InChI is InChI=1S/C19H19Br3FNO4/c1-3-27-18(25)16-13(8-20)24-14(9-21)17(19(26)28-4-2)15(16)10-5-6-12(23)11(22)7-10/h5-7,15,24H,3-4,8-9H2,1-2H3. The van der Waals surface area contributed by atoms with Crippen LogP contribution in [0.5, 0.6) is 0 Å². The molecule has 0 bridgehead atoms. The monoisotopic (exact) mass is 581 g/mol. The molecule has 1 heterocycles. The second kappa shape index (κ2) is 10.5. The normalized spacial score (nSPS) is 14.8. The zero-order chi connectivity index (χ0) is 20.8. The number of esters is 2. The summed E-state index contributed by atoms with van der Waals surface area (Å²) in [6, 6.07) is 4.39. The van der Waals surface area contributed by atoms with Crippen LogP contribution in [-0.4, -0.2) is 35.8 Å². The maximum absolute atomic E-state index is 13.8. The average Bonchev–Trinajstić information content (AvgIpc) is 2.68. The zero-order valence-electron chi connectivity index (χ0n) is 15.3. The van der Waals surface area contributed by atoms with E-state index in [1.807, 2.05) is 0 Å². The summed E-state index contributed by atoms with van der Waals surface area (Å²) in [5, 5.41) is 3.82. The first-order valence-electron chi connectivity index (χ1n) is 8.53. The number of dihydropyridines is 1.